The Hall–Kier alpha value is -3.35. The van der Waals surface area contributed by atoms with Gasteiger partial charge in [-0.15, -0.1) is 0 Å². The third-order valence-electron chi connectivity index (χ3n) is 4.47. The van der Waals surface area contributed by atoms with E-state index in [1.54, 1.807) is 55.6 Å². The fourth-order valence-corrected chi connectivity index (χ4v) is 2.99. The molecule has 1 aromatic carbocycles. The van der Waals surface area contributed by atoms with Crippen LogP contribution in [0.1, 0.15) is 27.3 Å². The molecule has 7 nitrogen and oxygen atoms in total. The third-order valence-corrected chi connectivity index (χ3v) is 4.47. The number of hydrogen-bond donors (Lipinski definition) is 2. The molecule has 1 amide bonds. The number of benzene rings is 1. The van der Waals surface area contributed by atoms with Crippen LogP contribution in [0.3, 0.4) is 0 Å². The quantitative estimate of drug-likeness (QED) is 0.724. The summed E-state index contributed by atoms with van der Waals surface area (Å²) in [5, 5.41) is 16.8. The lowest BCUT2D eigenvalue weighted by Gasteiger charge is -2.18. The van der Waals surface area contributed by atoms with Crippen LogP contribution >= 0.6 is 0 Å². The van der Waals surface area contributed by atoms with Crippen LogP contribution in [0.2, 0.25) is 0 Å². The molecular formula is C20H22N4O3. The summed E-state index contributed by atoms with van der Waals surface area (Å²) in [4.78, 5) is 18.7. The number of aromatic nitrogens is 3. The standard InChI is InChI=1S/C20H22N4O3/c1-12-10-21-17(13(2)19(12)27-4)11-24(3)20(26)16-9-15(22-23-16)14-7-5-6-8-18(14)25/h5-10,25H,11H2,1-4H3,(H,22,23). The van der Waals surface area contributed by atoms with Crippen molar-refractivity contribution in [2.24, 2.45) is 0 Å². The second-order valence-corrected chi connectivity index (χ2v) is 6.39. The van der Waals surface area contributed by atoms with Crippen molar-refractivity contribution in [2.75, 3.05) is 14.2 Å². The fourth-order valence-electron chi connectivity index (χ4n) is 2.99. The predicted octanol–water partition coefficient (Wildman–Crippen LogP) is 3.07. The molecule has 0 aliphatic rings. The molecule has 0 radical (unpaired) electrons. The van der Waals surface area contributed by atoms with Gasteiger partial charge in [0.15, 0.2) is 0 Å². The lowest BCUT2D eigenvalue weighted by Crippen LogP contribution is -2.27. The summed E-state index contributed by atoms with van der Waals surface area (Å²) in [5.41, 5.74) is 4.05. The molecular weight excluding hydrogens is 344 g/mol. The molecule has 3 rings (SSSR count). The van der Waals surface area contributed by atoms with Gasteiger partial charge in [-0.3, -0.25) is 14.9 Å². The van der Waals surface area contributed by atoms with Gasteiger partial charge in [0, 0.05) is 29.9 Å². The number of hydrogen-bond acceptors (Lipinski definition) is 5. The Labute approximate surface area is 157 Å². The summed E-state index contributed by atoms with van der Waals surface area (Å²) < 4.78 is 5.42. The van der Waals surface area contributed by atoms with Crippen molar-refractivity contribution in [1.82, 2.24) is 20.1 Å². The van der Waals surface area contributed by atoms with Crippen LogP contribution in [0.5, 0.6) is 11.5 Å². The number of pyridine rings is 1. The third kappa shape index (κ3) is 3.62. The van der Waals surface area contributed by atoms with E-state index in [1.165, 1.54) is 0 Å². The molecule has 0 atom stereocenters. The highest BCUT2D eigenvalue weighted by molar-refractivity contribution is 5.93. The van der Waals surface area contributed by atoms with Gasteiger partial charge in [0.25, 0.3) is 5.91 Å². The summed E-state index contributed by atoms with van der Waals surface area (Å²) in [6, 6.07) is 8.49. The zero-order chi connectivity index (χ0) is 19.6. The van der Waals surface area contributed by atoms with Gasteiger partial charge >= 0.3 is 0 Å². The number of H-pyrrole nitrogens is 1. The fraction of sp³-hybridized carbons (Fsp3) is 0.250. The topological polar surface area (TPSA) is 91.3 Å². The van der Waals surface area contributed by atoms with Crippen LogP contribution < -0.4 is 4.74 Å². The van der Waals surface area contributed by atoms with E-state index in [9.17, 15) is 9.90 Å². The van der Waals surface area contributed by atoms with Gasteiger partial charge in [-0.25, -0.2) is 0 Å². The Balaban J connectivity index is 1.80. The lowest BCUT2D eigenvalue weighted by molar-refractivity contribution is 0.0777. The normalized spacial score (nSPS) is 10.7. The number of phenolic OH excluding ortho intramolecular Hbond substituents is 1. The van der Waals surface area contributed by atoms with Gasteiger partial charge in [0.1, 0.15) is 17.2 Å². The van der Waals surface area contributed by atoms with Crippen LogP contribution in [-0.2, 0) is 6.54 Å². The number of amides is 1. The van der Waals surface area contributed by atoms with E-state index < -0.39 is 0 Å². The van der Waals surface area contributed by atoms with E-state index >= 15 is 0 Å². The Bertz CT molecular complexity index is 981. The first-order valence-corrected chi connectivity index (χ1v) is 8.50. The number of aromatic hydroxyl groups is 1. The van der Waals surface area contributed by atoms with E-state index in [1.807, 2.05) is 13.8 Å². The number of para-hydroxylation sites is 1. The number of nitrogens with one attached hydrogen (secondary N) is 1. The molecule has 0 fully saturated rings. The smallest absolute Gasteiger partial charge is 0.271 e. The van der Waals surface area contributed by atoms with Crippen LogP contribution in [0, 0.1) is 13.8 Å². The molecule has 0 spiro atoms. The molecule has 0 unspecified atom stereocenters. The summed E-state index contributed by atoms with van der Waals surface area (Å²) in [7, 11) is 3.33. The Morgan fingerprint density at radius 1 is 1.30 bits per heavy atom. The van der Waals surface area contributed by atoms with Gasteiger partial charge in [-0.2, -0.15) is 5.10 Å². The summed E-state index contributed by atoms with van der Waals surface area (Å²) >= 11 is 0. The first-order valence-electron chi connectivity index (χ1n) is 8.50. The number of phenols is 1. The minimum Gasteiger partial charge on any atom is -0.507 e. The number of rotatable bonds is 5. The molecule has 3 aromatic rings. The number of methoxy groups -OCH3 is 1. The average molecular weight is 366 g/mol. The maximum atomic E-state index is 12.7. The summed E-state index contributed by atoms with van der Waals surface area (Å²) in [6.07, 6.45) is 1.74. The molecule has 0 aliphatic carbocycles. The van der Waals surface area contributed by atoms with Crippen LogP contribution in [0.4, 0.5) is 0 Å². The number of carbonyl (C=O) groups excluding carboxylic acids is 1. The number of aryl methyl sites for hydroxylation is 1. The number of aromatic amines is 1. The Morgan fingerprint density at radius 3 is 2.74 bits per heavy atom. The van der Waals surface area contributed by atoms with Gasteiger partial charge in [0.2, 0.25) is 0 Å². The van der Waals surface area contributed by atoms with Gasteiger partial charge in [-0.1, -0.05) is 12.1 Å². The van der Waals surface area contributed by atoms with Crippen LogP contribution in [0.15, 0.2) is 36.5 Å². The van der Waals surface area contributed by atoms with E-state index in [2.05, 4.69) is 15.2 Å². The molecule has 0 saturated heterocycles. The highest BCUT2D eigenvalue weighted by atomic mass is 16.5. The maximum absolute atomic E-state index is 12.7. The van der Waals surface area contributed by atoms with E-state index in [4.69, 9.17) is 4.74 Å². The highest BCUT2D eigenvalue weighted by Crippen LogP contribution is 2.28. The maximum Gasteiger partial charge on any atom is 0.271 e. The van der Waals surface area contributed by atoms with Gasteiger partial charge in [0.05, 0.1) is 25.0 Å². The first-order chi connectivity index (χ1) is 12.9. The zero-order valence-electron chi connectivity index (χ0n) is 15.8. The molecule has 0 saturated carbocycles. The highest BCUT2D eigenvalue weighted by Gasteiger charge is 2.19. The molecule has 2 heterocycles. The second-order valence-electron chi connectivity index (χ2n) is 6.39. The van der Waals surface area contributed by atoms with E-state index in [-0.39, 0.29) is 11.7 Å². The largest absolute Gasteiger partial charge is 0.507 e. The minimum atomic E-state index is -0.218. The molecule has 0 aliphatic heterocycles. The first kappa shape index (κ1) is 18.4. The molecule has 140 valence electrons. The summed E-state index contributed by atoms with van der Waals surface area (Å²) in [5.74, 6) is 0.678. The zero-order valence-corrected chi connectivity index (χ0v) is 15.8. The van der Waals surface area contributed by atoms with Crippen molar-refractivity contribution in [3.63, 3.8) is 0 Å². The predicted molar refractivity (Wildman–Crippen MR) is 102 cm³/mol. The van der Waals surface area contributed by atoms with Crippen molar-refractivity contribution in [3.8, 4) is 22.8 Å². The number of ether oxygens (including phenoxy) is 1. The van der Waals surface area contributed by atoms with Gasteiger partial charge < -0.3 is 14.7 Å². The van der Waals surface area contributed by atoms with Crippen molar-refractivity contribution in [1.29, 1.82) is 0 Å². The minimum absolute atomic E-state index is 0.114. The van der Waals surface area contributed by atoms with Crippen molar-refractivity contribution < 1.29 is 14.6 Å². The summed E-state index contributed by atoms with van der Waals surface area (Å²) in [6.45, 7) is 4.20. The van der Waals surface area contributed by atoms with Gasteiger partial charge in [-0.05, 0) is 32.0 Å². The number of nitrogens with zero attached hydrogens (tertiary/aromatic N) is 3. The molecule has 7 heteroatoms. The second kappa shape index (κ2) is 7.49. The lowest BCUT2D eigenvalue weighted by atomic mass is 10.1. The van der Waals surface area contributed by atoms with E-state index in [0.717, 1.165) is 22.6 Å². The molecule has 0 bridgehead atoms. The van der Waals surface area contributed by atoms with Crippen LogP contribution in [-0.4, -0.2) is 45.3 Å². The van der Waals surface area contributed by atoms with E-state index in [0.29, 0.717) is 23.5 Å². The average Bonchev–Trinajstić information content (AvgIpc) is 3.14. The van der Waals surface area contributed by atoms with Crippen LogP contribution in [0.25, 0.3) is 11.3 Å². The van der Waals surface area contributed by atoms with Crippen molar-refractivity contribution >= 4 is 5.91 Å². The Morgan fingerprint density at radius 2 is 2.04 bits per heavy atom. The van der Waals surface area contributed by atoms with Crippen molar-refractivity contribution in [2.45, 2.75) is 20.4 Å². The van der Waals surface area contributed by atoms with Crippen molar-refractivity contribution in [3.05, 3.63) is 59.0 Å². The monoisotopic (exact) mass is 366 g/mol. The SMILES string of the molecule is COc1c(C)cnc(CN(C)C(=O)c2cc(-c3ccccc3O)n[nH]2)c1C. The molecule has 2 N–H and O–H groups in total. The Kier molecular flexibility index (Phi) is 5.12. The molecule has 2 aromatic heterocycles. The number of carbonyl (C=O) groups is 1. The molecule has 27 heavy (non-hydrogen) atoms.